The number of hydrogen-bond acceptors (Lipinski definition) is 0. The van der Waals surface area contributed by atoms with E-state index in [1.54, 1.807) is 5.57 Å². The lowest BCUT2D eigenvalue weighted by Gasteiger charge is -2.06. The Bertz CT molecular complexity index is 333. The number of fused-ring (bicyclic) bond motifs is 1. The van der Waals surface area contributed by atoms with Crippen LogP contribution in [0.3, 0.4) is 0 Å². The third kappa shape index (κ3) is 0.726. The van der Waals surface area contributed by atoms with Crippen molar-refractivity contribution in [2.75, 3.05) is 0 Å². The Balaban J connectivity index is 2.14. The van der Waals surface area contributed by atoms with E-state index in [4.69, 9.17) is 0 Å². The molecule has 0 aliphatic heterocycles. The molecule has 0 aromatic rings. The average Bonchev–Trinajstić information content (AvgIpc) is 2.77. The molecule has 1 saturated carbocycles. The fourth-order valence-corrected chi connectivity index (χ4v) is 2.15. The van der Waals surface area contributed by atoms with Gasteiger partial charge in [0, 0.05) is 5.41 Å². The molecule has 0 heteroatoms. The number of hydrogen-bond donors (Lipinski definition) is 0. The van der Waals surface area contributed by atoms with E-state index in [-0.39, 0.29) is 0 Å². The molecule has 60 valence electrons. The van der Waals surface area contributed by atoms with Gasteiger partial charge in [0.1, 0.15) is 0 Å². The van der Waals surface area contributed by atoms with E-state index < -0.39 is 0 Å². The predicted molar refractivity (Wildman–Crippen MR) is 50.7 cm³/mol. The minimum absolute atomic E-state index is 0.487. The first-order chi connectivity index (χ1) is 5.91. The molecule has 0 saturated heterocycles. The lowest BCUT2D eigenvalue weighted by atomic mass is 9.97. The van der Waals surface area contributed by atoms with E-state index in [1.807, 2.05) is 0 Å². The largest absolute Gasteiger partial charge is 0.0804 e. The summed E-state index contributed by atoms with van der Waals surface area (Å²) in [5.41, 5.74) is 3.50. The van der Waals surface area contributed by atoms with Gasteiger partial charge in [-0.15, -0.1) is 0 Å². The van der Waals surface area contributed by atoms with E-state index in [0.29, 0.717) is 5.41 Å². The third-order valence-corrected chi connectivity index (χ3v) is 3.07. The molecule has 0 unspecified atom stereocenters. The van der Waals surface area contributed by atoms with Gasteiger partial charge in [0.25, 0.3) is 0 Å². The second-order valence-corrected chi connectivity index (χ2v) is 3.90. The van der Waals surface area contributed by atoms with Crippen LogP contribution in [0.2, 0.25) is 0 Å². The highest BCUT2D eigenvalue weighted by Gasteiger charge is 2.45. The summed E-state index contributed by atoms with van der Waals surface area (Å²) in [5, 5.41) is 0. The summed E-state index contributed by atoms with van der Waals surface area (Å²) in [4.78, 5) is 0. The second-order valence-electron chi connectivity index (χ2n) is 3.90. The SMILES string of the molecule is C1=CC2=C(C=CC1)C1(C=C2)CC1. The maximum absolute atomic E-state index is 2.39. The van der Waals surface area contributed by atoms with Gasteiger partial charge in [-0.05, 0) is 30.4 Å². The van der Waals surface area contributed by atoms with Crippen LogP contribution < -0.4 is 0 Å². The highest BCUT2D eigenvalue weighted by atomic mass is 14.5. The van der Waals surface area contributed by atoms with Gasteiger partial charge in [-0.3, -0.25) is 0 Å². The molecule has 0 aromatic heterocycles. The van der Waals surface area contributed by atoms with E-state index in [2.05, 4.69) is 36.5 Å². The summed E-state index contributed by atoms with van der Waals surface area (Å²) in [5.74, 6) is 0. The lowest BCUT2D eigenvalue weighted by molar-refractivity contribution is 0.825. The van der Waals surface area contributed by atoms with Gasteiger partial charge >= 0.3 is 0 Å². The van der Waals surface area contributed by atoms with Crippen molar-refractivity contribution in [3.63, 3.8) is 0 Å². The van der Waals surface area contributed by atoms with Crippen LogP contribution in [-0.2, 0) is 0 Å². The molecule has 0 heterocycles. The Morgan fingerprint density at radius 2 is 1.83 bits per heavy atom. The Morgan fingerprint density at radius 1 is 1.00 bits per heavy atom. The predicted octanol–water partition coefficient (Wildman–Crippen LogP) is 3.15. The first kappa shape index (κ1) is 6.47. The Kier molecular flexibility index (Phi) is 1.08. The van der Waals surface area contributed by atoms with Crippen LogP contribution in [0.1, 0.15) is 19.3 Å². The molecular weight excluding hydrogens is 144 g/mol. The first-order valence-electron chi connectivity index (χ1n) is 4.68. The molecule has 0 atom stereocenters. The van der Waals surface area contributed by atoms with Crippen molar-refractivity contribution in [2.24, 2.45) is 5.41 Å². The molecule has 3 rings (SSSR count). The second kappa shape index (κ2) is 2.01. The molecule has 0 bridgehead atoms. The quantitative estimate of drug-likeness (QED) is 0.505. The Labute approximate surface area is 73.0 Å². The molecule has 3 aliphatic rings. The van der Waals surface area contributed by atoms with Crippen molar-refractivity contribution < 1.29 is 0 Å². The monoisotopic (exact) mass is 156 g/mol. The fraction of sp³-hybridized carbons (Fsp3) is 0.333. The van der Waals surface area contributed by atoms with Crippen molar-refractivity contribution >= 4 is 0 Å². The Hall–Kier alpha value is -1.04. The average molecular weight is 156 g/mol. The lowest BCUT2D eigenvalue weighted by Crippen LogP contribution is -1.94. The normalized spacial score (nSPS) is 28.0. The molecule has 0 nitrogen and oxygen atoms in total. The number of allylic oxidation sites excluding steroid dienone is 8. The summed E-state index contributed by atoms with van der Waals surface area (Å²) >= 11 is 0. The molecular formula is C12H12. The third-order valence-electron chi connectivity index (χ3n) is 3.07. The highest BCUT2D eigenvalue weighted by Crippen LogP contribution is 2.58. The Morgan fingerprint density at radius 3 is 2.67 bits per heavy atom. The molecule has 0 aromatic carbocycles. The van der Waals surface area contributed by atoms with E-state index in [1.165, 1.54) is 18.4 Å². The molecule has 0 amide bonds. The van der Waals surface area contributed by atoms with Gasteiger partial charge in [-0.2, -0.15) is 0 Å². The van der Waals surface area contributed by atoms with E-state index in [9.17, 15) is 0 Å². The van der Waals surface area contributed by atoms with Crippen molar-refractivity contribution in [3.8, 4) is 0 Å². The van der Waals surface area contributed by atoms with Crippen molar-refractivity contribution in [1.82, 2.24) is 0 Å². The molecule has 0 radical (unpaired) electrons. The van der Waals surface area contributed by atoms with E-state index in [0.717, 1.165) is 6.42 Å². The van der Waals surface area contributed by atoms with Crippen LogP contribution in [0.15, 0.2) is 47.6 Å². The van der Waals surface area contributed by atoms with Gasteiger partial charge in [-0.25, -0.2) is 0 Å². The molecule has 0 N–H and O–H groups in total. The zero-order chi connectivity index (χ0) is 8.02. The van der Waals surface area contributed by atoms with Crippen LogP contribution in [0.5, 0.6) is 0 Å². The summed E-state index contributed by atoms with van der Waals surface area (Å²) < 4.78 is 0. The smallest absolute Gasteiger partial charge is 0.0142 e. The minimum atomic E-state index is 0.487. The van der Waals surface area contributed by atoms with Crippen molar-refractivity contribution in [3.05, 3.63) is 47.6 Å². The van der Waals surface area contributed by atoms with Crippen LogP contribution >= 0.6 is 0 Å². The van der Waals surface area contributed by atoms with Gasteiger partial charge in [0.15, 0.2) is 0 Å². The van der Waals surface area contributed by atoms with Crippen LogP contribution in [0, 0.1) is 5.41 Å². The van der Waals surface area contributed by atoms with Gasteiger partial charge < -0.3 is 0 Å². The molecule has 1 spiro atoms. The maximum Gasteiger partial charge on any atom is 0.0142 e. The van der Waals surface area contributed by atoms with Crippen LogP contribution in [0.4, 0.5) is 0 Å². The van der Waals surface area contributed by atoms with Gasteiger partial charge in [-0.1, -0.05) is 36.5 Å². The minimum Gasteiger partial charge on any atom is -0.0804 e. The van der Waals surface area contributed by atoms with Crippen molar-refractivity contribution in [1.29, 1.82) is 0 Å². The summed E-state index contributed by atoms with van der Waals surface area (Å²) in [6.07, 6.45) is 17.6. The highest BCUT2D eigenvalue weighted by molar-refractivity contribution is 5.56. The van der Waals surface area contributed by atoms with Crippen LogP contribution in [0.25, 0.3) is 0 Å². The zero-order valence-electron chi connectivity index (χ0n) is 7.09. The van der Waals surface area contributed by atoms with Crippen molar-refractivity contribution in [2.45, 2.75) is 19.3 Å². The van der Waals surface area contributed by atoms with E-state index >= 15 is 0 Å². The standard InChI is InChI=1S/C12H12/c1-2-4-10-6-7-12(8-9-12)11(10)5-3-1/h2-7H,1,8-9H2. The maximum atomic E-state index is 2.39. The summed E-state index contributed by atoms with van der Waals surface area (Å²) in [6.45, 7) is 0. The first-order valence-corrected chi connectivity index (χ1v) is 4.68. The topological polar surface area (TPSA) is 0 Å². The summed E-state index contributed by atoms with van der Waals surface area (Å²) in [6, 6.07) is 0. The zero-order valence-corrected chi connectivity index (χ0v) is 7.09. The molecule has 1 fully saturated rings. The van der Waals surface area contributed by atoms with Crippen LogP contribution in [-0.4, -0.2) is 0 Å². The summed E-state index contributed by atoms with van der Waals surface area (Å²) in [7, 11) is 0. The number of rotatable bonds is 0. The van der Waals surface area contributed by atoms with Gasteiger partial charge in [0.2, 0.25) is 0 Å². The van der Waals surface area contributed by atoms with Gasteiger partial charge in [0.05, 0.1) is 0 Å². The fourth-order valence-electron chi connectivity index (χ4n) is 2.15. The molecule has 12 heavy (non-hydrogen) atoms. The molecule has 3 aliphatic carbocycles.